The fourth-order valence-corrected chi connectivity index (χ4v) is 4.74. The first-order chi connectivity index (χ1) is 14.3. The number of aryl methyl sites for hydroxylation is 1. The van der Waals surface area contributed by atoms with Crippen molar-refractivity contribution in [2.75, 3.05) is 13.1 Å². The summed E-state index contributed by atoms with van der Waals surface area (Å²) < 4.78 is 26.8. The molecule has 1 amide bonds. The van der Waals surface area contributed by atoms with Crippen LogP contribution in [0.5, 0.6) is 0 Å². The van der Waals surface area contributed by atoms with E-state index < -0.39 is 10.0 Å². The zero-order valence-electron chi connectivity index (χ0n) is 16.4. The zero-order chi connectivity index (χ0) is 21.6. The van der Waals surface area contributed by atoms with Gasteiger partial charge >= 0.3 is 0 Å². The molecule has 30 heavy (non-hydrogen) atoms. The van der Waals surface area contributed by atoms with Gasteiger partial charge in [0, 0.05) is 35.5 Å². The van der Waals surface area contributed by atoms with Crippen molar-refractivity contribution in [1.82, 2.24) is 15.0 Å². The van der Waals surface area contributed by atoms with E-state index in [1.807, 2.05) is 36.6 Å². The van der Waals surface area contributed by atoms with Crippen molar-refractivity contribution in [1.29, 1.82) is 0 Å². The molecule has 0 radical (unpaired) electrons. The molecule has 6 nitrogen and oxygen atoms in total. The number of aromatic nitrogens is 1. The first-order valence-electron chi connectivity index (χ1n) is 9.37. The summed E-state index contributed by atoms with van der Waals surface area (Å²) in [5.41, 5.74) is 3.14. The van der Waals surface area contributed by atoms with Crippen molar-refractivity contribution >= 4 is 38.9 Å². The number of hydrogen-bond acceptors (Lipinski definition) is 5. The first-order valence-corrected chi connectivity index (χ1v) is 12.1. The maximum absolute atomic E-state index is 12.2. The molecule has 158 valence electrons. The lowest BCUT2D eigenvalue weighted by atomic mass is 10.1. The van der Waals surface area contributed by atoms with Gasteiger partial charge in [0.2, 0.25) is 15.9 Å². The number of halogens is 1. The number of nitrogens with zero attached hydrogens (tertiary/aromatic N) is 1. The normalized spacial score (nSPS) is 11.4. The summed E-state index contributed by atoms with van der Waals surface area (Å²) in [6, 6.07) is 14.1. The van der Waals surface area contributed by atoms with Crippen molar-refractivity contribution in [3.8, 4) is 11.3 Å². The highest BCUT2D eigenvalue weighted by atomic mass is 35.5. The predicted octanol–water partition coefficient (Wildman–Crippen LogP) is 3.80. The molecule has 0 aliphatic rings. The summed E-state index contributed by atoms with van der Waals surface area (Å²) >= 11 is 7.45. The maximum atomic E-state index is 12.2. The molecular formula is C21H22ClN3O3S2. The second kappa shape index (κ2) is 10.2. The number of rotatable bonds is 9. The van der Waals surface area contributed by atoms with Gasteiger partial charge in [-0.05, 0) is 37.1 Å². The maximum Gasteiger partial charge on any atom is 0.240 e. The standard InChI is InChI=1S/C21H22ClN3O3S2/c1-15-25-20(14-29-15)17-7-5-16(6-8-17)9-11-23-21(26)10-12-24-30(27,28)19-4-2-3-18(22)13-19/h2-8,13-14,24H,9-12H2,1H3,(H,23,26). The van der Waals surface area contributed by atoms with E-state index in [0.29, 0.717) is 18.0 Å². The summed E-state index contributed by atoms with van der Waals surface area (Å²) in [7, 11) is -3.69. The minimum atomic E-state index is -3.69. The fourth-order valence-electron chi connectivity index (χ4n) is 2.79. The van der Waals surface area contributed by atoms with Gasteiger partial charge in [0.15, 0.2) is 0 Å². The van der Waals surface area contributed by atoms with Gasteiger partial charge in [0.05, 0.1) is 15.6 Å². The van der Waals surface area contributed by atoms with E-state index in [9.17, 15) is 13.2 Å². The van der Waals surface area contributed by atoms with Crippen LogP contribution in [-0.2, 0) is 21.2 Å². The number of sulfonamides is 1. The van der Waals surface area contributed by atoms with Crippen LogP contribution in [0.3, 0.4) is 0 Å². The zero-order valence-corrected chi connectivity index (χ0v) is 18.8. The van der Waals surface area contributed by atoms with Gasteiger partial charge in [-0.25, -0.2) is 18.1 Å². The van der Waals surface area contributed by atoms with E-state index in [4.69, 9.17) is 11.6 Å². The monoisotopic (exact) mass is 463 g/mol. The van der Waals surface area contributed by atoms with Crippen LogP contribution < -0.4 is 10.0 Å². The van der Waals surface area contributed by atoms with Crippen LogP contribution in [0.2, 0.25) is 5.02 Å². The van der Waals surface area contributed by atoms with Crippen LogP contribution in [-0.4, -0.2) is 32.4 Å². The molecule has 0 bridgehead atoms. The minimum Gasteiger partial charge on any atom is -0.356 e. The summed E-state index contributed by atoms with van der Waals surface area (Å²) in [5.74, 6) is -0.210. The number of carbonyl (C=O) groups excluding carboxylic acids is 1. The number of benzene rings is 2. The molecule has 0 aliphatic heterocycles. The van der Waals surface area contributed by atoms with Crippen LogP contribution in [0.4, 0.5) is 0 Å². The van der Waals surface area contributed by atoms with Gasteiger partial charge in [-0.2, -0.15) is 0 Å². The van der Waals surface area contributed by atoms with Gasteiger partial charge in [-0.1, -0.05) is 41.9 Å². The Morgan fingerprint density at radius 3 is 2.57 bits per heavy atom. The van der Waals surface area contributed by atoms with E-state index >= 15 is 0 Å². The van der Waals surface area contributed by atoms with Gasteiger partial charge in [-0.15, -0.1) is 11.3 Å². The summed E-state index contributed by atoms with van der Waals surface area (Å²) in [6.45, 7) is 2.48. The number of hydrogen-bond donors (Lipinski definition) is 2. The molecule has 0 atom stereocenters. The Labute approximate surface area is 185 Å². The van der Waals surface area contributed by atoms with E-state index in [0.717, 1.165) is 21.8 Å². The summed E-state index contributed by atoms with van der Waals surface area (Å²) in [6.07, 6.45) is 0.748. The van der Waals surface area contributed by atoms with Crippen LogP contribution in [0.1, 0.15) is 17.0 Å². The Balaban J connectivity index is 1.40. The third kappa shape index (κ3) is 6.37. The van der Waals surface area contributed by atoms with Crippen LogP contribution in [0.15, 0.2) is 58.8 Å². The highest BCUT2D eigenvalue weighted by Gasteiger charge is 2.14. The van der Waals surface area contributed by atoms with E-state index in [2.05, 4.69) is 15.0 Å². The van der Waals surface area contributed by atoms with Gasteiger partial charge in [0.25, 0.3) is 0 Å². The average molecular weight is 464 g/mol. The number of amides is 1. The Bertz CT molecular complexity index is 1110. The molecule has 2 N–H and O–H groups in total. The van der Waals surface area contributed by atoms with Crippen LogP contribution in [0, 0.1) is 6.92 Å². The Morgan fingerprint density at radius 2 is 1.90 bits per heavy atom. The van der Waals surface area contributed by atoms with Gasteiger partial charge < -0.3 is 5.32 Å². The highest BCUT2D eigenvalue weighted by molar-refractivity contribution is 7.89. The van der Waals surface area contributed by atoms with Gasteiger partial charge in [-0.3, -0.25) is 4.79 Å². The molecule has 3 aromatic rings. The average Bonchev–Trinajstić information content (AvgIpc) is 3.15. The predicted molar refractivity (Wildman–Crippen MR) is 120 cm³/mol. The number of nitrogens with one attached hydrogen (secondary N) is 2. The Morgan fingerprint density at radius 1 is 1.13 bits per heavy atom. The quantitative estimate of drug-likeness (QED) is 0.505. The number of carbonyl (C=O) groups is 1. The molecule has 1 heterocycles. The molecule has 0 spiro atoms. The molecule has 0 fully saturated rings. The van der Waals surface area contributed by atoms with Gasteiger partial charge in [0.1, 0.15) is 0 Å². The molecule has 3 rings (SSSR count). The van der Waals surface area contributed by atoms with E-state index in [1.165, 1.54) is 12.1 Å². The smallest absolute Gasteiger partial charge is 0.240 e. The molecule has 0 unspecified atom stereocenters. The Kier molecular flexibility index (Phi) is 7.60. The fraction of sp³-hybridized carbons (Fsp3) is 0.238. The third-order valence-electron chi connectivity index (χ3n) is 4.36. The molecule has 2 aromatic carbocycles. The van der Waals surface area contributed by atoms with E-state index in [-0.39, 0.29) is 23.8 Å². The van der Waals surface area contributed by atoms with Crippen molar-refractivity contribution in [3.63, 3.8) is 0 Å². The largest absolute Gasteiger partial charge is 0.356 e. The third-order valence-corrected chi connectivity index (χ3v) is 6.82. The molecular weight excluding hydrogens is 442 g/mol. The van der Waals surface area contributed by atoms with E-state index in [1.54, 1.807) is 23.5 Å². The number of thiazole rings is 1. The lowest BCUT2D eigenvalue weighted by molar-refractivity contribution is -0.120. The molecule has 1 aromatic heterocycles. The lowest BCUT2D eigenvalue weighted by Crippen LogP contribution is -2.31. The minimum absolute atomic E-state index is 0.0163. The van der Waals surface area contributed by atoms with Crippen molar-refractivity contribution in [2.45, 2.75) is 24.7 Å². The second-order valence-electron chi connectivity index (χ2n) is 6.65. The molecule has 9 heteroatoms. The van der Waals surface area contributed by atoms with Crippen LogP contribution >= 0.6 is 22.9 Å². The molecule has 0 saturated carbocycles. The highest BCUT2D eigenvalue weighted by Crippen LogP contribution is 2.21. The second-order valence-corrected chi connectivity index (χ2v) is 9.92. The Hall–Kier alpha value is -2.26. The summed E-state index contributed by atoms with van der Waals surface area (Å²) in [4.78, 5) is 16.5. The van der Waals surface area contributed by atoms with Crippen molar-refractivity contribution in [3.05, 3.63) is 69.5 Å². The van der Waals surface area contributed by atoms with Crippen molar-refractivity contribution in [2.24, 2.45) is 0 Å². The first kappa shape index (κ1) is 22.4. The van der Waals surface area contributed by atoms with Crippen molar-refractivity contribution < 1.29 is 13.2 Å². The topological polar surface area (TPSA) is 88.2 Å². The molecule has 0 aliphatic carbocycles. The van der Waals surface area contributed by atoms with Crippen LogP contribution in [0.25, 0.3) is 11.3 Å². The lowest BCUT2D eigenvalue weighted by Gasteiger charge is -2.08. The summed E-state index contributed by atoms with van der Waals surface area (Å²) in [5, 5.41) is 6.22. The molecule has 0 saturated heterocycles. The SMILES string of the molecule is Cc1nc(-c2ccc(CCNC(=O)CCNS(=O)(=O)c3cccc(Cl)c3)cc2)cs1.